The molecule has 0 atom stereocenters. The summed E-state index contributed by atoms with van der Waals surface area (Å²) in [7, 11) is 0. The standard InChI is InChI=1S/C22H22N2O4/c1-5-24-20-8-6-16(10-13(2)22(26)27)11-18(20)19-12-17(7-9-21(19)24)14(3)23-28-15(4)25/h6-12H,5H2,1-4H3,(H,26,27)/b13-10+,23-14+. The van der Waals surface area contributed by atoms with E-state index >= 15 is 0 Å². The first-order valence-corrected chi connectivity index (χ1v) is 9.02. The predicted molar refractivity (Wildman–Crippen MR) is 110 cm³/mol. The van der Waals surface area contributed by atoms with Gasteiger partial charge in [0.15, 0.2) is 0 Å². The molecule has 0 amide bonds. The summed E-state index contributed by atoms with van der Waals surface area (Å²) >= 11 is 0. The van der Waals surface area contributed by atoms with Crippen LogP contribution in [0.1, 0.15) is 38.8 Å². The van der Waals surface area contributed by atoms with Gasteiger partial charge in [0.05, 0.1) is 5.71 Å². The monoisotopic (exact) mass is 378 g/mol. The van der Waals surface area contributed by atoms with E-state index in [1.54, 1.807) is 19.9 Å². The van der Waals surface area contributed by atoms with Gasteiger partial charge in [-0.1, -0.05) is 17.3 Å². The van der Waals surface area contributed by atoms with Crippen molar-refractivity contribution in [1.82, 2.24) is 4.57 Å². The molecule has 1 heterocycles. The number of aliphatic carboxylic acids is 1. The number of aromatic nitrogens is 1. The fraction of sp³-hybridized carbons (Fsp3) is 0.227. The third-order valence-electron chi connectivity index (χ3n) is 4.65. The largest absolute Gasteiger partial charge is 0.478 e. The topological polar surface area (TPSA) is 80.9 Å². The van der Waals surface area contributed by atoms with Crippen LogP contribution < -0.4 is 0 Å². The second-order valence-corrected chi connectivity index (χ2v) is 6.64. The summed E-state index contributed by atoms with van der Waals surface area (Å²) in [6.07, 6.45) is 1.66. The number of hydrogen-bond donors (Lipinski definition) is 1. The molecule has 6 nitrogen and oxygen atoms in total. The molecule has 3 rings (SSSR count). The van der Waals surface area contributed by atoms with Gasteiger partial charge in [0.25, 0.3) is 0 Å². The van der Waals surface area contributed by atoms with Crippen LogP contribution in [0.15, 0.2) is 47.1 Å². The minimum absolute atomic E-state index is 0.281. The first-order valence-electron chi connectivity index (χ1n) is 9.02. The molecule has 144 valence electrons. The normalized spacial score (nSPS) is 12.6. The van der Waals surface area contributed by atoms with Crippen LogP contribution in [0.3, 0.4) is 0 Å². The Labute approximate surface area is 162 Å². The van der Waals surface area contributed by atoms with Gasteiger partial charge in [-0.15, -0.1) is 0 Å². The molecule has 0 unspecified atom stereocenters. The Morgan fingerprint density at radius 3 is 2.32 bits per heavy atom. The molecule has 0 saturated carbocycles. The van der Waals surface area contributed by atoms with Crippen LogP contribution in [0.25, 0.3) is 27.9 Å². The van der Waals surface area contributed by atoms with Gasteiger partial charge in [-0.25, -0.2) is 9.59 Å². The zero-order valence-electron chi connectivity index (χ0n) is 16.3. The van der Waals surface area contributed by atoms with Crippen molar-refractivity contribution in [3.05, 3.63) is 53.1 Å². The van der Waals surface area contributed by atoms with Crippen LogP contribution in [-0.2, 0) is 21.0 Å². The fourth-order valence-electron chi connectivity index (χ4n) is 3.27. The summed E-state index contributed by atoms with van der Waals surface area (Å²) in [5, 5.41) is 15.1. The number of hydrogen-bond acceptors (Lipinski definition) is 4. The summed E-state index contributed by atoms with van der Waals surface area (Å²) in [4.78, 5) is 26.9. The van der Waals surface area contributed by atoms with E-state index in [1.165, 1.54) is 6.92 Å². The number of fused-ring (bicyclic) bond motifs is 3. The van der Waals surface area contributed by atoms with Gasteiger partial charge >= 0.3 is 11.9 Å². The highest BCUT2D eigenvalue weighted by Crippen LogP contribution is 2.31. The Morgan fingerprint density at radius 1 is 1.07 bits per heavy atom. The molecule has 0 saturated heterocycles. The quantitative estimate of drug-likeness (QED) is 0.305. The summed E-state index contributed by atoms with van der Waals surface area (Å²) < 4.78 is 2.21. The van der Waals surface area contributed by atoms with Crippen LogP contribution in [0, 0.1) is 0 Å². The lowest BCUT2D eigenvalue weighted by atomic mass is 10.0. The zero-order valence-corrected chi connectivity index (χ0v) is 16.3. The van der Waals surface area contributed by atoms with Crippen molar-refractivity contribution in [3.63, 3.8) is 0 Å². The molecule has 28 heavy (non-hydrogen) atoms. The van der Waals surface area contributed by atoms with E-state index in [1.807, 2.05) is 36.4 Å². The summed E-state index contributed by atoms with van der Waals surface area (Å²) in [6.45, 7) is 7.57. The Hall–Kier alpha value is -3.41. The molecular weight excluding hydrogens is 356 g/mol. The van der Waals surface area contributed by atoms with Crippen LogP contribution in [-0.4, -0.2) is 27.3 Å². The average molecular weight is 378 g/mol. The summed E-state index contributed by atoms with van der Waals surface area (Å²) in [5.41, 5.74) is 4.73. The number of benzene rings is 2. The maximum Gasteiger partial charge on any atom is 0.331 e. The molecule has 1 N–H and O–H groups in total. The Kier molecular flexibility index (Phi) is 5.31. The maximum atomic E-state index is 11.1. The van der Waals surface area contributed by atoms with Crippen LogP contribution in [0.4, 0.5) is 0 Å². The Morgan fingerprint density at radius 2 is 1.71 bits per heavy atom. The van der Waals surface area contributed by atoms with Crippen molar-refractivity contribution in [2.45, 2.75) is 34.2 Å². The lowest BCUT2D eigenvalue weighted by Crippen LogP contribution is -1.99. The predicted octanol–water partition coefficient (Wildman–Crippen LogP) is 4.59. The van der Waals surface area contributed by atoms with Crippen LogP contribution >= 0.6 is 0 Å². The average Bonchev–Trinajstić information content (AvgIpc) is 2.98. The zero-order chi connectivity index (χ0) is 20.4. The second-order valence-electron chi connectivity index (χ2n) is 6.64. The van der Waals surface area contributed by atoms with Gasteiger partial charge in [-0.05, 0) is 62.2 Å². The van der Waals surface area contributed by atoms with Gasteiger partial charge in [-0.3, -0.25) is 0 Å². The highest BCUT2D eigenvalue weighted by atomic mass is 16.7. The van der Waals surface area contributed by atoms with Gasteiger partial charge in [0.1, 0.15) is 0 Å². The highest BCUT2D eigenvalue weighted by molar-refractivity contribution is 6.12. The molecule has 2 aromatic carbocycles. The van der Waals surface area contributed by atoms with E-state index in [0.717, 1.165) is 39.5 Å². The maximum absolute atomic E-state index is 11.1. The van der Waals surface area contributed by atoms with E-state index in [0.29, 0.717) is 5.71 Å². The molecule has 0 aliphatic heterocycles. The van der Waals surface area contributed by atoms with Crippen LogP contribution in [0.2, 0.25) is 0 Å². The number of oxime groups is 1. The molecule has 0 bridgehead atoms. The van der Waals surface area contributed by atoms with E-state index in [9.17, 15) is 9.59 Å². The van der Waals surface area contributed by atoms with Crippen molar-refractivity contribution in [1.29, 1.82) is 0 Å². The third kappa shape index (κ3) is 3.67. The molecule has 0 fully saturated rings. The van der Waals surface area contributed by atoms with E-state index in [2.05, 4.69) is 16.6 Å². The SMILES string of the molecule is CCn1c2ccc(/C=C(\C)C(=O)O)cc2c2cc(/C(C)=N/OC(C)=O)ccc21. The number of carbonyl (C=O) groups is 2. The molecule has 0 radical (unpaired) electrons. The molecule has 3 aromatic rings. The van der Waals surface area contributed by atoms with Gasteiger partial charge in [0, 0.05) is 40.8 Å². The molecule has 0 aliphatic carbocycles. The van der Waals surface area contributed by atoms with Crippen molar-refractivity contribution >= 4 is 45.5 Å². The van der Waals surface area contributed by atoms with E-state index in [-0.39, 0.29) is 5.57 Å². The summed E-state index contributed by atoms with van der Waals surface area (Å²) in [6, 6.07) is 11.9. The third-order valence-corrected chi connectivity index (χ3v) is 4.65. The lowest BCUT2D eigenvalue weighted by molar-refractivity contribution is -0.141. The lowest BCUT2D eigenvalue weighted by Gasteiger charge is -2.04. The van der Waals surface area contributed by atoms with Crippen molar-refractivity contribution in [3.8, 4) is 0 Å². The number of nitrogens with zero attached hydrogens (tertiary/aromatic N) is 2. The van der Waals surface area contributed by atoms with Gasteiger partial charge in [0.2, 0.25) is 0 Å². The number of carboxylic acids is 1. The minimum Gasteiger partial charge on any atom is -0.478 e. The smallest absolute Gasteiger partial charge is 0.331 e. The second kappa shape index (κ2) is 7.68. The number of aryl methyl sites for hydroxylation is 1. The first-order chi connectivity index (χ1) is 13.3. The highest BCUT2D eigenvalue weighted by Gasteiger charge is 2.12. The van der Waals surface area contributed by atoms with E-state index in [4.69, 9.17) is 9.94 Å². The van der Waals surface area contributed by atoms with Gasteiger partial charge < -0.3 is 14.5 Å². The molecule has 6 heteroatoms. The molecule has 0 spiro atoms. The minimum atomic E-state index is -0.935. The van der Waals surface area contributed by atoms with Crippen LogP contribution in [0.5, 0.6) is 0 Å². The van der Waals surface area contributed by atoms with Crippen molar-refractivity contribution < 1.29 is 19.5 Å². The number of carbonyl (C=O) groups excluding carboxylic acids is 1. The Balaban J connectivity index is 2.21. The number of carboxylic acid groups (broad SMARTS) is 1. The fourth-order valence-corrected chi connectivity index (χ4v) is 3.27. The van der Waals surface area contributed by atoms with Crippen molar-refractivity contribution in [2.24, 2.45) is 5.16 Å². The molecular formula is C22H22N2O4. The number of rotatable bonds is 5. The van der Waals surface area contributed by atoms with Crippen molar-refractivity contribution in [2.75, 3.05) is 0 Å². The summed E-state index contributed by atoms with van der Waals surface area (Å²) in [5.74, 6) is -1.40. The van der Waals surface area contributed by atoms with Gasteiger partial charge in [-0.2, -0.15) is 0 Å². The first kappa shape index (κ1) is 19.4. The molecule has 0 aliphatic rings. The van der Waals surface area contributed by atoms with E-state index < -0.39 is 11.9 Å². The Bertz CT molecular complexity index is 1150. The molecule has 1 aromatic heterocycles.